The number of carboxylic acids is 1. The Kier molecular flexibility index (Phi) is 2.39. The first kappa shape index (κ1) is 10.6. The van der Waals surface area contributed by atoms with Crippen LogP contribution in [0.5, 0.6) is 0 Å². The molecule has 0 unspecified atom stereocenters. The summed E-state index contributed by atoms with van der Waals surface area (Å²) in [6.45, 7) is 1.79. The number of aromatic carboxylic acids is 1. The topological polar surface area (TPSA) is 103 Å². The molecule has 6 nitrogen and oxygen atoms in total. The zero-order valence-corrected chi connectivity index (χ0v) is 9.10. The molecule has 0 amide bonds. The van der Waals surface area contributed by atoms with Crippen LogP contribution in [0, 0.1) is 0 Å². The Morgan fingerprint density at radius 1 is 1.31 bits per heavy atom. The van der Waals surface area contributed by atoms with Crippen LogP contribution < -0.4 is 11.1 Å². The Morgan fingerprint density at radius 3 is 2.50 bits per heavy atom. The Hall–Kier alpha value is -1.89. The van der Waals surface area contributed by atoms with Gasteiger partial charge in [0.05, 0.1) is 5.52 Å². The lowest BCUT2D eigenvalue weighted by molar-refractivity contribution is 0.0701. The van der Waals surface area contributed by atoms with Gasteiger partial charge in [-0.15, -0.1) is 11.3 Å². The number of aryl methyl sites for hydroxylation is 1. The van der Waals surface area contributed by atoms with Gasteiger partial charge in [0.2, 0.25) is 0 Å². The first-order valence-electron chi connectivity index (χ1n) is 4.55. The summed E-state index contributed by atoms with van der Waals surface area (Å²) in [7, 11) is 0. The van der Waals surface area contributed by atoms with Crippen LogP contribution >= 0.6 is 11.3 Å². The Balaban J connectivity index is 2.93. The molecule has 3 N–H and O–H groups in total. The van der Waals surface area contributed by atoms with Crippen LogP contribution in [0.15, 0.2) is 9.59 Å². The van der Waals surface area contributed by atoms with Crippen LogP contribution in [0.25, 0.3) is 10.3 Å². The maximum atomic E-state index is 11.1. The molecule has 2 aromatic heterocycles. The molecule has 0 bridgehead atoms. The Morgan fingerprint density at radius 2 is 1.94 bits per heavy atom. The molecule has 0 aromatic carbocycles. The lowest BCUT2D eigenvalue weighted by Gasteiger charge is -1.95. The fraction of sp³-hybridized carbons (Fsp3) is 0.222. The predicted octanol–water partition coefficient (Wildman–Crippen LogP) is 0.538. The molecule has 16 heavy (non-hydrogen) atoms. The SMILES string of the molecule is CCc1c(C(=O)O)sc2[nH]c(=O)c(=O)[nH]c12. The minimum absolute atomic E-state index is 0.148. The number of carboxylic acid groups (broad SMARTS) is 1. The van der Waals surface area contributed by atoms with E-state index >= 15 is 0 Å². The number of hydrogen-bond acceptors (Lipinski definition) is 4. The maximum absolute atomic E-state index is 11.1. The van der Waals surface area contributed by atoms with Gasteiger partial charge in [0.1, 0.15) is 9.71 Å². The van der Waals surface area contributed by atoms with Crippen LogP contribution in [0.1, 0.15) is 22.2 Å². The number of fused-ring (bicyclic) bond motifs is 1. The van der Waals surface area contributed by atoms with Crippen LogP contribution in [0.3, 0.4) is 0 Å². The number of rotatable bonds is 2. The normalized spacial score (nSPS) is 10.8. The van der Waals surface area contributed by atoms with Crippen LogP contribution in [-0.4, -0.2) is 21.0 Å². The highest BCUT2D eigenvalue weighted by Gasteiger charge is 2.17. The summed E-state index contributed by atoms with van der Waals surface area (Å²) in [5.74, 6) is -1.06. The number of nitrogens with one attached hydrogen (secondary N) is 2. The Bertz CT molecular complexity index is 679. The second-order valence-electron chi connectivity index (χ2n) is 3.18. The van der Waals surface area contributed by atoms with E-state index in [0.717, 1.165) is 11.3 Å². The van der Waals surface area contributed by atoms with E-state index in [9.17, 15) is 14.4 Å². The molecule has 0 fully saturated rings. The van der Waals surface area contributed by atoms with Crippen molar-refractivity contribution in [2.45, 2.75) is 13.3 Å². The third-order valence-electron chi connectivity index (χ3n) is 2.23. The van der Waals surface area contributed by atoms with Gasteiger partial charge in [-0.2, -0.15) is 0 Å². The second kappa shape index (κ2) is 3.60. The van der Waals surface area contributed by atoms with Crippen molar-refractivity contribution in [3.05, 3.63) is 31.1 Å². The van der Waals surface area contributed by atoms with Crippen molar-refractivity contribution >= 4 is 27.7 Å². The van der Waals surface area contributed by atoms with E-state index < -0.39 is 17.1 Å². The third kappa shape index (κ3) is 1.45. The monoisotopic (exact) mass is 240 g/mol. The molecule has 84 valence electrons. The first-order chi connectivity index (χ1) is 7.54. The van der Waals surface area contributed by atoms with Gasteiger partial charge in [-0.25, -0.2) is 4.79 Å². The van der Waals surface area contributed by atoms with Crippen molar-refractivity contribution in [3.8, 4) is 0 Å². The number of carbonyl (C=O) groups is 1. The lowest BCUT2D eigenvalue weighted by atomic mass is 10.2. The van der Waals surface area contributed by atoms with E-state index in [-0.39, 0.29) is 4.88 Å². The summed E-state index contributed by atoms with van der Waals surface area (Å²) in [5, 5.41) is 8.96. The second-order valence-corrected chi connectivity index (χ2v) is 4.20. The van der Waals surface area contributed by atoms with E-state index in [1.165, 1.54) is 0 Å². The number of aromatic amines is 2. The number of aromatic nitrogens is 2. The van der Waals surface area contributed by atoms with Gasteiger partial charge < -0.3 is 15.1 Å². The molecule has 0 aliphatic rings. The van der Waals surface area contributed by atoms with Crippen molar-refractivity contribution in [1.29, 1.82) is 0 Å². The summed E-state index contributed by atoms with van der Waals surface area (Å²) in [6, 6.07) is 0. The molecule has 0 radical (unpaired) electrons. The summed E-state index contributed by atoms with van der Waals surface area (Å²) in [5.41, 5.74) is -0.583. The molecule has 2 heterocycles. The molecule has 0 saturated heterocycles. The van der Waals surface area contributed by atoms with Gasteiger partial charge in [0, 0.05) is 5.56 Å². The first-order valence-corrected chi connectivity index (χ1v) is 5.37. The van der Waals surface area contributed by atoms with Crippen LogP contribution in [-0.2, 0) is 6.42 Å². The van der Waals surface area contributed by atoms with Gasteiger partial charge in [0.15, 0.2) is 0 Å². The van der Waals surface area contributed by atoms with E-state index in [1.54, 1.807) is 6.92 Å². The smallest absolute Gasteiger partial charge is 0.346 e. The van der Waals surface area contributed by atoms with Gasteiger partial charge in [0.25, 0.3) is 0 Å². The number of hydrogen-bond donors (Lipinski definition) is 3. The van der Waals surface area contributed by atoms with Gasteiger partial charge in [-0.05, 0) is 6.42 Å². The molecule has 2 aromatic rings. The van der Waals surface area contributed by atoms with Crippen molar-refractivity contribution in [1.82, 2.24) is 9.97 Å². The molecule has 0 aliphatic heterocycles. The summed E-state index contributed by atoms with van der Waals surface area (Å²) in [4.78, 5) is 38.5. The average molecular weight is 240 g/mol. The molecule has 0 spiro atoms. The fourth-order valence-electron chi connectivity index (χ4n) is 1.53. The molecule has 0 aliphatic carbocycles. The van der Waals surface area contributed by atoms with Crippen molar-refractivity contribution in [2.24, 2.45) is 0 Å². The minimum atomic E-state index is -1.06. The van der Waals surface area contributed by atoms with Crippen molar-refractivity contribution in [2.75, 3.05) is 0 Å². The third-order valence-corrected chi connectivity index (χ3v) is 3.36. The highest BCUT2D eigenvalue weighted by atomic mass is 32.1. The number of thiophene rings is 1. The predicted molar refractivity (Wildman–Crippen MR) is 59.4 cm³/mol. The van der Waals surface area contributed by atoms with E-state index in [0.29, 0.717) is 22.3 Å². The molecule has 7 heteroatoms. The van der Waals surface area contributed by atoms with Gasteiger partial charge in [-0.3, -0.25) is 9.59 Å². The van der Waals surface area contributed by atoms with Crippen molar-refractivity contribution in [3.63, 3.8) is 0 Å². The molecule has 0 atom stereocenters. The number of H-pyrrole nitrogens is 2. The van der Waals surface area contributed by atoms with Crippen molar-refractivity contribution < 1.29 is 9.90 Å². The Labute approximate surface area is 92.6 Å². The molecular formula is C9H8N2O4S. The largest absolute Gasteiger partial charge is 0.477 e. The fourth-order valence-corrected chi connectivity index (χ4v) is 2.61. The van der Waals surface area contributed by atoms with Crippen LogP contribution in [0.4, 0.5) is 0 Å². The highest BCUT2D eigenvalue weighted by molar-refractivity contribution is 7.20. The van der Waals surface area contributed by atoms with Gasteiger partial charge >= 0.3 is 17.1 Å². The van der Waals surface area contributed by atoms with E-state index in [2.05, 4.69) is 9.97 Å². The van der Waals surface area contributed by atoms with E-state index in [4.69, 9.17) is 5.11 Å². The molecular weight excluding hydrogens is 232 g/mol. The molecule has 0 saturated carbocycles. The van der Waals surface area contributed by atoms with Crippen LogP contribution in [0.2, 0.25) is 0 Å². The zero-order valence-electron chi connectivity index (χ0n) is 8.29. The average Bonchev–Trinajstić information content (AvgIpc) is 2.57. The van der Waals surface area contributed by atoms with Gasteiger partial charge in [-0.1, -0.05) is 6.92 Å². The maximum Gasteiger partial charge on any atom is 0.346 e. The highest BCUT2D eigenvalue weighted by Crippen LogP contribution is 2.27. The summed E-state index contributed by atoms with van der Waals surface area (Å²) in [6.07, 6.45) is 0.476. The quantitative estimate of drug-likeness (QED) is 0.666. The summed E-state index contributed by atoms with van der Waals surface area (Å²) < 4.78 is 0. The standard InChI is InChI=1S/C9H8N2O4S/c1-2-3-4-8(16-5(3)9(14)15)11-7(13)6(12)10-4/h2H2,1H3,(H,10,12)(H,11,13)(H,14,15). The molecule has 2 rings (SSSR count). The minimum Gasteiger partial charge on any atom is -0.477 e. The summed E-state index contributed by atoms with van der Waals surface area (Å²) >= 11 is 0.954. The lowest BCUT2D eigenvalue weighted by Crippen LogP contribution is -2.28. The zero-order chi connectivity index (χ0) is 11.9. The van der Waals surface area contributed by atoms with E-state index in [1.807, 2.05) is 0 Å².